The van der Waals surface area contributed by atoms with Crippen LogP contribution in [0.25, 0.3) is 0 Å². The molecule has 2 N–H and O–H groups in total. The number of carbonyl (C=O) groups is 1. The molecule has 1 amide bonds. The van der Waals surface area contributed by atoms with E-state index in [1.807, 2.05) is 0 Å². The molecule has 16 heavy (non-hydrogen) atoms. The minimum absolute atomic E-state index is 0.251. The number of amides is 1. The molecule has 6 nitrogen and oxygen atoms in total. The maximum absolute atomic E-state index is 10.4. The van der Waals surface area contributed by atoms with Gasteiger partial charge in [-0.3, -0.25) is 4.79 Å². The molecule has 0 bridgehead atoms. The van der Waals surface area contributed by atoms with Gasteiger partial charge in [-0.25, -0.2) is 0 Å². The molecule has 0 fully saturated rings. The molecule has 0 radical (unpaired) electrons. The van der Waals surface area contributed by atoms with Crippen LogP contribution in [-0.4, -0.2) is 49.3 Å². The van der Waals surface area contributed by atoms with Crippen molar-refractivity contribution in [3.8, 4) is 0 Å². The molecular weight excluding hydrogens is 230 g/mol. The summed E-state index contributed by atoms with van der Waals surface area (Å²) in [5.74, 6) is -0.352. The number of hydrogen-bond acceptors (Lipinski definition) is 5. The van der Waals surface area contributed by atoms with Crippen molar-refractivity contribution in [3.05, 3.63) is 0 Å². The molecule has 0 aromatic carbocycles. The van der Waals surface area contributed by atoms with E-state index in [4.69, 9.17) is 23.7 Å². The Morgan fingerprint density at radius 3 is 2.12 bits per heavy atom. The first-order valence-electron chi connectivity index (χ1n) is 5.11. The van der Waals surface area contributed by atoms with E-state index in [2.05, 4.69) is 0 Å². The van der Waals surface area contributed by atoms with Gasteiger partial charge in [-0.05, 0) is 6.42 Å². The van der Waals surface area contributed by atoms with E-state index in [9.17, 15) is 4.79 Å². The van der Waals surface area contributed by atoms with Crippen LogP contribution < -0.4 is 5.73 Å². The zero-order valence-corrected chi connectivity index (χ0v) is 11.2. The number of nitrogens with two attached hydrogens (primary N) is 1. The summed E-state index contributed by atoms with van der Waals surface area (Å²) in [4.78, 5) is 10.4. The minimum Gasteiger partial charge on any atom is -0.381 e. The van der Waals surface area contributed by atoms with Crippen molar-refractivity contribution in [2.45, 2.75) is 18.9 Å². The molecular formula is C9H21NO5Si. The normalized spacial score (nSPS) is 11.7. The summed E-state index contributed by atoms with van der Waals surface area (Å²) in [6.07, 6.45) is 1.02. The third kappa shape index (κ3) is 6.18. The SMILES string of the molecule is CO[Si](CCCOCCC(N)=O)(OC)OC. The summed E-state index contributed by atoms with van der Waals surface area (Å²) in [5, 5.41) is 0. The largest absolute Gasteiger partial charge is 0.500 e. The fraction of sp³-hybridized carbons (Fsp3) is 0.889. The van der Waals surface area contributed by atoms with Crippen molar-refractivity contribution in [2.75, 3.05) is 34.5 Å². The molecule has 7 heteroatoms. The fourth-order valence-corrected chi connectivity index (χ4v) is 2.91. The topological polar surface area (TPSA) is 80.0 Å². The number of ether oxygens (including phenoxy) is 1. The summed E-state index contributed by atoms with van der Waals surface area (Å²) in [7, 11) is 2.26. The predicted octanol–water partition coefficient (Wildman–Crippen LogP) is 0.147. The van der Waals surface area contributed by atoms with Gasteiger partial charge in [0.05, 0.1) is 6.61 Å². The average Bonchev–Trinajstić information content (AvgIpc) is 2.29. The van der Waals surface area contributed by atoms with Gasteiger partial charge in [0.1, 0.15) is 0 Å². The third-order valence-electron chi connectivity index (χ3n) is 2.20. The van der Waals surface area contributed by atoms with Gasteiger partial charge in [0, 0.05) is 40.4 Å². The Hall–Kier alpha value is -0.473. The van der Waals surface area contributed by atoms with Gasteiger partial charge in [-0.15, -0.1) is 0 Å². The summed E-state index contributed by atoms with van der Waals surface area (Å²) >= 11 is 0. The minimum atomic E-state index is -2.47. The highest BCUT2D eigenvalue weighted by Crippen LogP contribution is 2.14. The lowest BCUT2D eigenvalue weighted by atomic mass is 10.4. The Kier molecular flexibility index (Phi) is 8.40. The summed E-state index contributed by atoms with van der Waals surface area (Å²) < 4.78 is 21.0. The Balaban J connectivity index is 3.59. The first kappa shape index (κ1) is 15.5. The Bertz CT molecular complexity index is 190. The zero-order chi connectivity index (χ0) is 12.4. The highest BCUT2D eigenvalue weighted by Gasteiger charge is 2.36. The van der Waals surface area contributed by atoms with Gasteiger partial charge < -0.3 is 23.7 Å². The smallest absolute Gasteiger partial charge is 0.381 e. The molecule has 0 heterocycles. The van der Waals surface area contributed by atoms with Crippen molar-refractivity contribution in [1.29, 1.82) is 0 Å². The first-order chi connectivity index (χ1) is 7.60. The van der Waals surface area contributed by atoms with Crippen LogP contribution in [-0.2, 0) is 22.8 Å². The van der Waals surface area contributed by atoms with Crippen LogP contribution in [0, 0.1) is 0 Å². The van der Waals surface area contributed by atoms with Crippen LogP contribution in [0.1, 0.15) is 12.8 Å². The van der Waals surface area contributed by atoms with E-state index in [1.165, 1.54) is 0 Å². The second-order valence-electron chi connectivity index (χ2n) is 3.23. The first-order valence-corrected chi connectivity index (χ1v) is 7.05. The van der Waals surface area contributed by atoms with Crippen LogP contribution in [0.4, 0.5) is 0 Å². The van der Waals surface area contributed by atoms with Gasteiger partial charge in [-0.1, -0.05) is 0 Å². The molecule has 0 unspecified atom stereocenters. The van der Waals surface area contributed by atoms with Crippen molar-refractivity contribution in [3.63, 3.8) is 0 Å². The number of hydrogen-bond donors (Lipinski definition) is 1. The number of carbonyl (C=O) groups excluding carboxylic acids is 1. The van der Waals surface area contributed by atoms with Gasteiger partial charge >= 0.3 is 8.80 Å². The number of rotatable bonds is 10. The lowest BCUT2D eigenvalue weighted by molar-refractivity contribution is -0.119. The molecule has 0 spiro atoms. The summed E-state index contributed by atoms with van der Waals surface area (Å²) in [6, 6.07) is 0.688. The maximum Gasteiger partial charge on any atom is 0.500 e. The van der Waals surface area contributed by atoms with Crippen LogP contribution in [0.2, 0.25) is 6.04 Å². The lowest BCUT2D eigenvalue weighted by Gasteiger charge is -2.24. The molecule has 0 saturated heterocycles. The molecule has 0 aliphatic rings. The second kappa shape index (κ2) is 8.65. The third-order valence-corrected chi connectivity index (χ3v) is 5.03. The lowest BCUT2D eigenvalue weighted by Crippen LogP contribution is -2.42. The second-order valence-corrected chi connectivity index (χ2v) is 6.32. The molecule has 0 saturated carbocycles. The number of primary amides is 1. The quantitative estimate of drug-likeness (QED) is 0.441. The fourth-order valence-electron chi connectivity index (χ4n) is 1.22. The van der Waals surface area contributed by atoms with Crippen LogP contribution in [0.3, 0.4) is 0 Å². The van der Waals surface area contributed by atoms with E-state index in [0.717, 1.165) is 6.42 Å². The zero-order valence-electron chi connectivity index (χ0n) is 10.2. The van der Waals surface area contributed by atoms with Crippen molar-refractivity contribution < 1.29 is 22.8 Å². The summed E-state index contributed by atoms with van der Waals surface area (Å²) in [6.45, 7) is 0.898. The molecule has 0 atom stereocenters. The molecule has 0 rings (SSSR count). The Labute approximate surface area is 97.4 Å². The van der Waals surface area contributed by atoms with E-state index >= 15 is 0 Å². The molecule has 0 aliphatic carbocycles. The van der Waals surface area contributed by atoms with Crippen LogP contribution in [0.5, 0.6) is 0 Å². The van der Waals surface area contributed by atoms with Gasteiger partial charge in [-0.2, -0.15) is 0 Å². The van der Waals surface area contributed by atoms with Crippen molar-refractivity contribution in [1.82, 2.24) is 0 Å². The van der Waals surface area contributed by atoms with Gasteiger partial charge in [0.2, 0.25) is 5.91 Å². The molecule has 96 valence electrons. The average molecular weight is 251 g/mol. The Morgan fingerprint density at radius 1 is 1.12 bits per heavy atom. The van der Waals surface area contributed by atoms with E-state index in [1.54, 1.807) is 21.3 Å². The maximum atomic E-state index is 10.4. The van der Waals surface area contributed by atoms with Crippen LogP contribution in [0.15, 0.2) is 0 Å². The molecule has 0 aromatic heterocycles. The predicted molar refractivity (Wildman–Crippen MR) is 60.8 cm³/mol. The van der Waals surface area contributed by atoms with E-state index in [0.29, 0.717) is 19.3 Å². The van der Waals surface area contributed by atoms with Crippen molar-refractivity contribution >= 4 is 14.7 Å². The van der Waals surface area contributed by atoms with E-state index in [-0.39, 0.29) is 12.3 Å². The van der Waals surface area contributed by atoms with Crippen molar-refractivity contribution in [2.24, 2.45) is 5.73 Å². The highest BCUT2D eigenvalue weighted by atomic mass is 28.4. The molecule has 0 aliphatic heterocycles. The standard InChI is InChI=1S/C9H21NO5Si/c1-12-16(13-2,14-3)8-4-6-15-7-5-9(10)11/h4-8H2,1-3H3,(H2,10,11). The van der Waals surface area contributed by atoms with Gasteiger partial charge in [0.25, 0.3) is 0 Å². The van der Waals surface area contributed by atoms with Gasteiger partial charge in [0.15, 0.2) is 0 Å². The molecule has 0 aromatic rings. The summed E-state index contributed by atoms with van der Waals surface area (Å²) in [5.41, 5.74) is 4.97. The monoisotopic (exact) mass is 251 g/mol. The highest BCUT2D eigenvalue weighted by molar-refractivity contribution is 6.60. The van der Waals surface area contributed by atoms with Crippen LogP contribution >= 0.6 is 0 Å². The Morgan fingerprint density at radius 2 is 1.69 bits per heavy atom. The van der Waals surface area contributed by atoms with E-state index < -0.39 is 8.80 Å².